The first-order valence-electron chi connectivity index (χ1n) is 6.22. The Balaban J connectivity index is 2.29. The van der Waals surface area contributed by atoms with Gasteiger partial charge in [0, 0.05) is 29.8 Å². The van der Waals surface area contributed by atoms with Gasteiger partial charge in [-0.15, -0.1) is 0 Å². The molecule has 1 amide bonds. The number of aromatic nitrogens is 1. The summed E-state index contributed by atoms with van der Waals surface area (Å²) in [5.41, 5.74) is 8.66. The van der Waals surface area contributed by atoms with Crippen LogP contribution in [0.3, 0.4) is 0 Å². The molecule has 0 saturated heterocycles. The number of hydrogen-bond donors (Lipinski definition) is 1. The molecular formula is C15H17N3O. The summed E-state index contributed by atoms with van der Waals surface area (Å²) < 4.78 is 0. The largest absolute Gasteiger partial charge is 0.399 e. The van der Waals surface area contributed by atoms with Crippen LogP contribution in [0.5, 0.6) is 0 Å². The molecule has 0 spiro atoms. The monoisotopic (exact) mass is 255 g/mol. The second-order valence-electron chi connectivity index (χ2n) is 4.33. The van der Waals surface area contributed by atoms with Crippen LogP contribution in [0.25, 0.3) is 0 Å². The molecule has 0 aliphatic rings. The number of nitrogens with two attached hydrogens (primary N) is 1. The van der Waals surface area contributed by atoms with Crippen molar-refractivity contribution in [3.8, 4) is 0 Å². The molecule has 0 aliphatic heterocycles. The molecule has 98 valence electrons. The number of nitrogens with zero attached hydrogens (tertiary/aromatic N) is 2. The van der Waals surface area contributed by atoms with E-state index in [1.165, 1.54) is 0 Å². The number of amides is 1. The van der Waals surface area contributed by atoms with Gasteiger partial charge in [0.05, 0.1) is 5.56 Å². The summed E-state index contributed by atoms with van der Waals surface area (Å²) in [5, 5.41) is 0. The Hall–Kier alpha value is -2.36. The topological polar surface area (TPSA) is 59.2 Å². The van der Waals surface area contributed by atoms with E-state index in [0.717, 1.165) is 11.4 Å². The van der Waals surface area contributed by atoms with Crippen LogP contribution in [0, 0.1) is 6.92 Å². The average molecular weight is 255 g/mol. The summed E-state index contributed by atoms with van der Waals surface area (Å²) in [5.74, 6) is -0.0558. The van der Waals surface area contributed by atoms with Crippen LogP contribution in [0.2, 0.25) is 0 Å². The van der Waals surface area contributed by atoms with Gasteiger partial charge >= 0.3 is 0 Å². The van der Waals surface area contributed by atoms with Crippen molar-refractivity contribution >= 4 is 17.3 Å². The number of benzene rings is 1. The molecule has 0 radical (unpaired) electrons. The average Bonchev–Trinajstić information content (AvgIpc) is 2.42. The van der Waals surface area contributed by atoms with E-state index in [2.05, 4.69) is 4.98 Å². The third-order valence-corrected chi connectivity index (χ3v) is 2.92. The van der Waals surface area contributed by atoms with Crippen molar-refractivity contribution in [2.45, 2.75) is 13.8 Å². The first kappa shape index (κ1) is 13.1. The van der Waals surface area contributed by atoms with E-state index in [0.29, 0.717) is 17.8 Å². The van der Waals surface area contributed by atoms with Crippen LogP contribution < -0.4 is 10.6 Å². The molecule has 19 heavy (non-hydrogen) atoms. The lowest BCUT2D eigenvalue weighted by molar-refractivity contribution is 0.0988. The van der Waals surface area contributed by atoms with Crippen LogP contribution in [-0.2, 0) is 0 Å². The Labute approximate surface area is 112 Å². The SMILES string of the molecule is CCN(C(=O)c1ccc(C)nc1)c1ccc(N)cc1. The summed E-state index contributed by atoms with van der Waals surface area (Å²) in [4.78, 5) is 18.3. The van der Waals surface area contributed by atoms with E-state index in [1.807, 2.05) is 32.0 Å². The molecule has 4 nitrogen and oxygen atoms in total. The molecule has 0 saturated carbocycles. The third-order valence-electron chi connectivity index (χ3n) is 2.92. The Bertz CT molecular complexity index is 561. The third kappa shape index (κ3) is 2.91. The number of pyridine rings is 1. The van der Waals surface area contributed by atoms with Crippen molar-refractivity contribution in [3.05, 3.63) is 53.9 Å². The summed E-state index contributed by atoms with van der Waals surface area (Å²) in [6.45, 7) is 4.43. The van der Waals surface area contributed by atoms with Gasteiger partial charge in [0.2, 0.25) is 0 Å². The molecule has 2 rings (SSSR count). The number of carbonyl (C=O) groups excluding carboxylic acids is 1. The molecule has 1 aromatic heterocycles. The van der Waals surface area contributed by atoms with Crippen LogP contribution >= 0.6 is 0 Å². The van der Waals surface area contributed by atoms with Crippen molar-refractivity contribution in [3.63, 3.8) is 0 Å². The Morgan fingerprint density at radius 3 is 2.42 bits per heavy atom. The number of aryl methyl sites for hydroxylation is 1. The highest BCUT2D eigenvalue weighted by Gasteiger charge is 2.16. The predicted molar refractivity (Wildman–Crippen MR) is 77.2 cm³/mol. The van der Waals surface area contributed by atoms with E-state index in [-0.39, 0.29) is 5.91 Å². The quantitative estimate of drug-likeness (QED) is 0.858. The maximum atomic E-state index is 12.4. The highest BCUT2D eigenvalue weighted by molar-refractivity contribution is 6.05. The first-order chi connectivity index (χ1) is 9.11. The highest BCUT2D eigenvalue weighted by Crippen LogP contribution is 2.18. The molecule has 4 heteroatoms. The number of nitrogen functional groups attached to an aromatic ring is 1. The maximum absolute atomic E-state index is 12.4. The summed E-state index contributed by atoms with van der Waals surface area (Å²) >= 11 is 0. The molecule has 0 bridgehead atoms. The molecule has 1 aromatic carbocycles. The van der Waals surface area contributed by atoms with E-state index >= 15 is 0 Å². The van der Waals surface area contributed by atoms with Gasteiger partial charge in [-0.1, -0.05) is 0 Å². The van der Waals surface area contributed by atoms with Crippen molar-refractivity contribution in [2.75, 3.05) is 17.2 Å². The zero-order valence-corrected chi connectivity index (χ0v) is 11.1. The second-order valence-corrected chi connectivity index (χ2v) is 4.33. The minimum atomic E-state index is -0.0558. The minimum Gasteiger partial charge on any atom is -0.399 e. The number of anilines is 2. The summed E-state index contributed by atoms with van der Waals surface area (Å²) in [6.07, 6.45) is 1.61. The van der Waals surface area contributed by atoms with Crippen LogP contribution in [0.4, 0.5) is 11.4 Å². The molecule has 0 atom stereocenters. The second kappa shape index (κ2) is 5.52. The molecule has 2 N–H and O–H groups in total. The molecule has 0 fully saturated rings. The lowest BCUT2D eigenvalue weighted by Gasteiger charge is -2.21. The Morgan fingerprint density at radius 2 is 1.89 bits per heavy atom. The van der Waals surface area contributed by atoms with Crippen LogP contribution in [0.15, 0.2) is 42.6 Å². The maximum Gasteiger partial charge on any atom is 0.259 e. The normalized spacial score (nSPS) is 10.2. The fraction of sp³-hybridized carbons (Fsp3) is 0.200. The zero-order chi connectivity index (χ0) is 13.8. The smallest absolute Gasteiger partial charge is 0.259 e. The Morgan fingerprint density at radius 1 is 1.21 bits per heavy atom. The number of hydrogen-bond acceptors (Lipinski definition) is 3. The molecular weight excluding hydrogens is 238 g/mol. The fourth-order valence-corrected chi connectivity index (χ4v) is 1.85. The minimum absolute atomic E-state index is 0.0558. The van der Waals surface area contributed by atoms with E-state index < -0.39 is 0 Å². The van der Waals surface area contributed by atoms with Gasteiger partial charge in [-0.3, -0.25) is 9.78 Å². The van der Waals surface area contributed by atoms with E-state index in [4.69, 9.17) is 5.73 Å². The van der Waals surface area contributed by atoms with Crippen LogP contribution in [-0.4, -0.2) is 17.4 Å². The number of rotatable bonds is 3. The first-order valence-corrected chi connectivity index (χ1v) is 6.22. The van der Waals surface area contributed by atoms with Crippen molar-refractivity contribution in [1.29, 1.82) is 0 Å². The molecule has 0 aliphatic carbocycles. The zero-order valence-electron chi connectivity index (χ0n) is 11.1. The lowest BCUT2D eigenvalue weighted by Crippen LogP contribution is -2.30. The van der Waals surface area contributed by atoms with E-state index in [1.54, 1.807) is 29.3 Å². The number of carbonyl (C=O) groups is 1. The standard InChI is InChI=1S/C15H17N3O/c1-3-18(14-8-6-13(16)7-9-14)15(19)12-5-4-11(2)17-10-12/h4-10H,3,16H2,1-2H3. The predicted octanol–water partition coefficient (Wildman–Crippen LogP) is 2.64. The van der Waals surface area contributed by atoms with Gasteiger partial charge in [-0.05, 0) is 50.2 Å². The van der Waals surface area contributed by atoms with Crippen molar-refractivity contribution < 1.29 is 4.79 Å². The Kier molecular flexibility index (Phi) is 3.80. The van der Waals surface area contributed by atoms with Gasteiger partial charge in [-0.2, -0.15) is 0 Å². The van der Waals surface area contributed by atoms with Gasteiger partial charge in [0.1, 0.15) is 0 Å². The molecule has 0 unspecified atom stereocenters. The lowest BCUT2D eigenvalue weighted by atomic mass is 10.2. The van der Waals surface area contributed by atoms with Crippen molar-refractivity contribution in [2.24, 2.45) is 0 Å². The van der Waals surface area contributed by atoms with Gasteiger partial charge in [-0.25, -0.2) is 0 Å². The van der Waals surface area contributed by atoms with Crippen molar-refractivity contribution in [1.82, 2.24) is 4.98 Å². The summed E-state index contributed by atoms with van der Waals surface area (Å²) in [7, 11) is 0. The van der Waals surface area contributed by atoms with Gasteiger partial charge in [0.25, 0.3) is 5.91 Å². The van der Waals surface area contributed by atoms with Gasteiger partial charge in [0.15, 0.2) is 0 Å². The molecule has 1 heterocycles. The fourth-order valence-electron chi connectivity index (χ4n) is 1.85. The highest BCUT2D eigenvalue weighted by atomic mass is 16.2. The molecule has 2 aromatic rings. The van der Waals surface area contributed by atoms with E-state index in [9.17, 15) is 4.79 Å². The summed E-state index contributed by atoms with van der Waals surface area (Å²) in [6, 6.07) is 10.9. The van der Waals surface area contributed by atoms with Gasteiger partial charge < -0.3 is 10.6 Å². The van der Waals surface area contributed by atoms with Crippen LogP contribution in [0.1, 0.15) is 23.0 Å².